The fourth-order valence-electron chi connectivity index (χ4n) is 3.57. The second-order valence-corrected chi connectivity index (χ2v) is 7.87. The molecular formula is C23H22N2O2S. The van der Waals surface area contributed by atoms with Crippen molar-refractivity contribution in [3.8, 4) is 11.1 Å². The number of hydrogen-bond donors (Lipinski definition) is 1. The Bertz CT molecular complexity index is 945. The molecule has 0 atom stereocenters. The highest BCUT2D eigenvalue weighted by molar-refractivity contribution is 7.12. The number of hydrogen-bond acceptors (Lipinski definition) is 3. The number of nitrogens with one attached hydrogen (secondary N) is 1. The Labute approximate surface area is 168 Å². The van der Waals surface area contributed by atoms with Crippen molar-refractivity contribution in [2.24, 2.45) is 5.92 Å². The van der Waals surface area contributed by atoms with Gasteiger partial charge in [-0.1, -0.05) is 48.5 Å². The zero-order valence-corrected chi connectivity index (χ0v) is 16.3. The minimum absolute atomic E-state index is 0.0411. The van der Waals surface area contributed by atoms with Gasteiger partial charge in [0.15, 0.2) is 0 Å². The van der Waals surface area contributed by atoms with Gasteiger partial charge in [-0.05, 0) is 42.0 Å². The van der Waals surface area contributed by atoms with E-state index in [4.69, 9.17) is 0 Å². The van der Waals surface area contributed by atoms with Gasteiger partial charge < -0.3 is 10.2 Å². The average Bonchev–Trinajstić information content (AvgIpc) is 3.24. The molecule has 3 aromatic rings. The van der Waals surface area contributed by atoms with Gasteiger partial charge in [0.2, 0.25) is 5.91 Å². The van der Waals surface area contributed by atoms with Gasteiger partial charge in [0, 0.05) is 30.3 Å². The first-order chi connectivity index (χ1) is 13.7. The number of rotatable bonds is 4. The number of anilines is 1. The highest BCUT2D eigenvalue weighted by Crippen LogP contribution is 2.30. The molecule has 1 aliphatic heterocycles. The monoisotopic (exact) mass is 390 g/mol. The third-order valence-corrected chi connectivity index (χ3v) is 6.04. The maximum Gasteiger partial charge on any atom is 0.264 e. The molecule has 2 aromatic carbocycles. The Morgan fingerprint density at radius 2 is 1.54 bits per heavy atom. The molecule has 0 spiro atoms. The SMILES string of the molecule is O=C(Nc1ccccc1)C1CCN(C(=O)c2sccc2-c2ccccc2)CC1. The highest BCUT2D eigenvalue weighted by Gasteiger charge is 2.29. The molecule has 2 amide bonds. The van der Waals surface area contributed by atoms with Gasteiger partial charge in [-0.25, -0.2) is 0 Å². The molecule has 28 heavy (non-hydrogen) atoms. The van der Waals surface area contributed by atoms with Crippen LogP contribution in [0.15, 0.2) is 72.1 Å². The fourth-order valence-corrected chi connectivity index (χ4v) is 4.46. The van der Waals surface area contributed by atoms with Crippen LogP contribution in [0, 0.1) is 5.92 Å². The van der Waals surface area contributed by atoms with Gasteiger partial charge in [-0.15, -0.1) is 11.3 Å². The summed E-state index contributed by atoms with van der Waals surface area (Å²) < 4.78 is 0. The maximum absolute atomic E-state index is 13.1. The molecule has 142 valence electrons. The van der Waals surface area contributed by atoms with E-state index in [0.29, 0.717) is 25.9 Å². The molecule has 0 radical (unpaired) electrons. The summed E-state index contributed by atoms with van der Waals surface area (Å²) in [5.41, 5.74) is 2.86. The number of para-hydroxylation sites is 1. The normalized spacial score (nSPS) is 14.6. The van der Waals surface area contributed by atoms with E-state index in [0.717, 1.165) is 21.7 Å². The predicted octanol–water partition coefficient (Wildman–Crippen LogP) is 4.91. The fraction of sp³-hybridized carbons (Fsp3) is 0.217. The Hall–Kier alpha value is -2.92. The van der Waals surface area contributed by atoms with Gasteiger partial charge in [0.25, 0.3) is 5.91 Å². The Morgan fingerprint density at radius 1 is 0.893 bits per heavy atom. The predicted molar refractivity (Wildman–Crippen MR) is 113 cm³/mol. The Morgan fingerprint density at radius 3 is 2.21 bits per heavy atom. The number of benzene rings is 2. The first kappa shape index (κ1) is 18.4. The molecule has 1 aromatic heterocycles. The van der Waals surface area contributed by atoms with Gasteiger partial charge in [0.05, 0.1) is 4.88 Å². The molecule has 0 aliphatic carbocycles. The summed E-state index contributed by atoms with van der Waals surface area (Å²) in [6.07, 6.45) is 1.38. The molecule has 4 rings (SSSR count). The number of carbonyl (C=O) groups excluding carboxylic acids is 2. The molecule has 1 saturated heterocycles. The zero-order chi connectivity index (χ0) is 19.3. The minimum Gasteiger partial charge on any atom is -0.338 e. The number of carbonyl (C=O) groups is 2. The van der Waals surface area contributed by atoms with Crippen LogP contribution in [0.3, 0.4) is 0 Å². The van der Waals surface area contributed by atoms with E-state index in [1.54, 1.807) is 0 Å². The van der Waals surface area contributed by atoms with Gasteiger partial charge in [-0.3, -0.25) is 9.59 Å². The van der Waals surface area contributed by atoms with Crippen LogP contribution in [0.5, 0.6) is 0 Å². The molecule has 4 nitrogen and oxygen atoms in total. The molecule has 5 heteroatoms. The third-order valence-electron chi connectivity index (χ3n) is 5.14. The molecule has 0 bridgehead atoms. The number of nitrogens with zero attached hydrogens (tertiary/aromatic N) is 1. The van der Waals surface area contributed by atoms with E-state index < -0.39 is 0 Å². The quantitative estimate of drug-likeness (QED) is 0.688. The van der Waals surface area contributed by atoms with Crippen LogP contribution >= 0.6 is 11.3 Å². The van der Waals surface area contributed by atoms with Crippen molar-refractivity contribution in [1.82, 2.24) is 4.90 Å². The van der Waals surface area contributed by atoms with Crippen molar-refractivity contribution < 1.29 is 9.59 Å². The van der Waals surface area contributed by atoms with Crippen LogP contribution in [0.25, 0.3) is 11.1 Å². The van der Waals surface area contributed by atoms with Gasteiger partial charge in [-0.2, -0.15) is 0 Å². The van der Waals surface area contributed by atoms with Crippen molar-refractivity contribution in [1.29, 1.82) is 0 Å². The molecule has 1 N–H and O–H groups in total. The van der Waals surface area contributed by atoms with Crippen molar-refractivity contribution in [2.45, 2.75) is 12.8 Å². The standard InChI is InChI=1S/C23H22N2O2S/c26-22(24-19-9-5-2-6-10-19)18-11-14-25(15-12-18)23(27)21-20(13-16-28-21)17-7-3-1-4-8-17/h1-10,13,16,18H,11-12,14-15H2,(H,24,26). The topological polar surface area (TPSA) is 49.4 Å². The molecule has 1 aliphatic rings. The van der Waals surface area contributed by atoms with Crippen LogP contribution in [0.1, 0.15) is 22.5 Å². The van der Waals surface area contributed by atoms with Crippen LogP contribution < -0.4 is 5.32 Å². The first-order valence-electron chi connectivity index (χ1n) is 9.50. The van der Waals surface area contributed by atoms with E-state index in [1.165, 1.54) is 11.3 Å². The van der Waals surface area contributed by atoms with Gasteiger partial charge >= 0.3 is 0 Å². The Balaban J connectivity index is 1.39. The molecule has 2 heterocycles. The van der Waals surface area contributed by atoms with E-state index in [1.807, 2.05) is 77.0 Å². The number of amides is 2. The maximum atomic E-state index is 13.1. The minimum atomic E-state index is -0.0545. The first-order valence-corrected chi connectivity index (χ1v) is 10.4. The smallest absolute Gasteiger partial charge is 0.264 e. The summed E-state index contributed by atoms with van der Waals surface area (Å²) in [7, 11) is 0. The lowest BCUT2D eigenvalue weighted by Crippen LogP contribution is -2.41. The summed E-state index contributed by atoms with van der Waals surface area (Å²) in [5, 5.41) is 4.94. The molecular weight excluding hydrogens is 368 g/mol. The zero-order valence-electron chi connectivity index (χ0n) is 15.5. The van der Waals surface area contributed by atoms with Crippen molar-refractivity contribution in [3.05, 3.63) is 77.0 Å². The van der Waals surface area contributed by atoms with Crippen molar-refractivity contribution in [2.75, 3.05) is 18.4 Å². The summed E-state index contributed by atoms with van der Waals surface area (Å²) in [5.74, 6) is 0.0522. The highest BCUT2D eigenvalue weighted by atomic mass is 32.1. The molecule has 0 saturated carbocycles. The number of piperidine rings is 1. The lowest BCUT2D eigenvalue weighted by atomic mass is 9.95. The average molecular weight is 391 g/mol. The van der Waals surface area contributed by atoms with Crippen molar-refractivity contribution >= 4 is 28.8 Å². The van der Waals surface area contributed by atoms with E-state index in [-0.39, 0.29) is 17.7 Å². The number of thiophene rings is 1. The second-order valence-electron chi connectivity index (χ2n) is 6.95. The third kappa shape index (κ3) is 3.99. The van der Waals surface area contributed by atoms with Crippen LogP contribution in [-0.4, -0.2) is 29.8 Å². The number of likely N-dealkylation sites (tertiary alicyclic amines) is 1. The van der Waals surface area contributed by atoms with Crippen LogP contribution in [0.2, 0.25) is 0 Å². The summed E-state index contributed by atoms with van der Waals surface area (Å²) >= 11 is 1.48. The van der Waals surface area contributed by atoms with Crippen LogP contribution in [-0.2, 0) is 4.79 Å². The lowest BCUT2D eigenvalue weighted by molar-refractivity contribution is -0.121. The van der Waals surface area contributed by atoms with Gasteiger partial charge in [0.1, 0.15) is 0 Å². The van der Waals surface area contributed by atoms with Crippen molar-refractivity contribution in [3.63, 3.8) is 0 Å². The van der Waals surface area contributed by atoms with E-state index >= 15 is 0 Å². The summed E-state index contributed by atoms with van der Waals surface area (Å²) in [6, 6.07) is 21.5. The second kappa shape index (κ2) is 8.40. The molecule has 0 unspecified atom stereocenters. The summed E-state index contributed by atoms with van der Waals surface area (Å²) in [6.45, 7) is 1.22. The lowest BCUT2D eigenvalue weighted by Gasteiger charge is -2.31. The largest absolute Gasteiger partial charge is 0.338 e. The molecule has 1 fully saturated rings. The Kier molecular flexibility index (Phi) is 5.53. The van der Waals surface area contributed by atoms with E-state index in [2.05, 4.69) is 5.32 Å². The van der Waals surface area contributed by atoms with E-state index in [9.17, 15) is 9.59 Å². The van der Waals surface area contributed by atoms with Crippen LogP contribution in [0.4, 0.5) is 5.69 Å². The summed E-state index contributed by atoms with van der Waals surface area (Å²) in [4.78, 5) is 28.2.